The molecule has 136 valence electrons. The summed E-state index contributed by atoms with van der Waals surface area (Å²) in [7, 11) is 0. The maximum Gasteiger partial charge on any atom is 0.119 e. The summed E-state index contributed by atoms with van der Waals surface area (Å²) in [5, 5.41) is 9.64. The first kappa shape index (κ1) is 18.2. The third-order valence-corrected chi connectivity index (χ3v) is 5.93. The van der Waals surface area contributed by atoms with Crippen molar-refractivity contribution in [2.45, 2.75) is 63.5 Å². The van der Waals surface area contributed by atoms with E-state index in [-0.39, 0.29) is 0 Å². The Kier molecular flexibility index (Phi) is 5.98. The van der Waals surface area contributed by atoms with Gasteiger partial charge in [-0.25, -0.2) is 0 Å². The van der Waals surface area contributed by atoms with Crippen LogP contribution >= 0.6 is 0 Å². The molecule has 2 saturated heterocycles. The Morgan fingerprint density at radius 2 is 1.80 bits per heavy atom. The Labute approximate surface area is 151 Å². The van der Waals surface area contributed by atoms with E-state index in [0.717, 1.165) is 43.7 Å². The predicted molar refractivity (Wildman–Crippen MR) is 98.8 cm³/mol. The van der Waals surface area contributed by atoms with Crippen LogP contribution in [0.4, 0.5) is 0 Å². The zero-order valence-electron chi connectivity index (χ0n) is 15.5. The van der Waals surface area contributed by atoms with Crippen molar-refractivity contribution in [3.8, 4) is 11.8 Å². The minimum absolute atomic E-state index is 0.390. The summed E-state index contributed by atoms with van der Waals surface area (Å²) in [6.07, 6.45) is 5.23. The fraction of sp³-hybridized carbons (Fsp3) is 0.667. The summed E-state index contributed by atoms with van der Waals surface area (Å²) in [5.74, 6) is 0.895. The molecule has 0 radical (unpaired) electrons. The number of ether oxygens (including phenoxy) is 2. The fourth-order valence-corrected chi connectivity index (χ4v) is 4.18. The molecule has 3 rings (SSSR count). The van der Waals surface area contributed by atoms with Crippen LogP contribution in [0.1, 0.15) is 51.5 Å². The molecule has 0 unspecified atom stereocenters. The summed E-state index contributed by atoms with van der Waals surface area (Å²) >= 11 is 0. The molecule has 0 spiro atoms. The van der Waals surface area contributed by atoms with Gasteiger partial charge < -0.3 is 9.47 Å². The second-order valence-electron chi connectivity index (χ2n) is 7.55. The van der Waals surface area contributed by atoms with Crippen LogP contribution < -0.4 is 4.74 Å². The first-order valence-corrected chi connectivity index (χ1v) is 9.63. The van der Waals surface area contributed by atoms with Gasteiger partial charge in [-0.3, -0.25) is 4.90 Å². The lowest BCUT2D eigenvalue weighted by atomic mass is 9.75. The summed E-state index contributed by atoms with van der Waals surface area (Å²) < 4.78 is 11.3. The Morgan fingerprint density at radius 1 is 1.16 bits per heavy atom. The predicted octanol–water partition coefficient (Wildman–Crippen LogP) is 3.90. The highest BCUT2D eigenvalue weighted by molar-refractivity contribution is 5.37. The molecule has 4 heteroatoms. The monoisotopic (exact) mass is 342 g/mol. The third kappa shape index (κ3) is 4.16. The van der Waals surface area contributed by atoms with Gasteiger partial charge in [0, 0.05) is 31.8 Å². The van der Waals surface area contributed by atoms with Crippen molar-refractivity contribution in [3.63, 3.8) is 0 Å². The molecule has 0 aliphatic carbocycles. The van der Waals surface area contributed by atoms with E-state index in [1.807, 2.05) is 12.1 Å². The van der Waals surface area contributed by atoms with Crippen molar-refractivity contribution in [2.75, 3.05) is 26.4 Å². The van der Waals surface area contributed by atoms with Gasteiger partial charge >= 0.3 is 0 Å². The lowest BCUT2D eigenvalue weighted by molar-refractivity contribution is 0.0675. The zero-order valence-corrected chi connectivity index (χ0v) is 15.5. The van der Waals surface area contributed by atoms with E-state index in [2.05, 4.69) is 36.9 Å². The number of hydrogen-bond acceptors (Lipinski definition) is 4. The van der Waals surface area contributed by atoms with Crippen molar-refractivity contribution < 1.29 is 9.47 Å². The molecule has 2 aliphatic heterocycles. The third-order valence-electron chi connectivity index (χ3n) is 5.93. The topological polar surface area (TPSA) is 45.5 Å². The van der Waals surface area contributed by atoms with E-state index < -0.39 is 5.41 Å². The summed E-state index contributed by atoms with van der Waals surface area (Å²) in [6, 6.07) is 12.0. The molecule has 25 heavy (non-hydrogen) atoms. The second-order valence-corrected chi connectivity index (χ2v) is 7.55. The molecule has 0 bridgehead atoms. The Morgan fingerprint density at radius 3 is 2.40 bits per heavy atom. The van der Waals surface area contributed by atoms with Crippen LogP contribution in [0.3, 0.4) is 0 Å². The maximum atomic E-state index is 9.64. The average Bonchev–Trinajstić information content (AvgIpc) is 2.98. The Hall–Kier alpha value is -1.57. The molecule has 1 aromatic carbocycles. The molecule has 2 aliphatic rings. The van der Waals surface area contributed by atoms with Crippen LogP contribution in [0.2, 0.25) is 0 Å². The van der Waals surface area contributed by atoms with Crippen molar-refractivity contribution >= 4 is 0 Å². The molecule has 1 aromatic rings. The molecule has 0 amide bonds. The molecule has 2 atom stereocenters. The lowest BCUT2D eigenvalue weighted by Gasteiger charge is -2.31. The van der Waals surface area contributed by atoms with Crippen LogP contribution in [-0.2, 0) is 10.2 Å². The van der Waals surface area contributed by atoms with Crippen LogP contribution in [0, 0.1) is 11.3 Å². The van der Waals surface area contributed by atoms with Gasteiger partial charge in [0.1, 0.15) is 5.75 Å². The van der Waals surface area contributed by atoms with E-state index in [0.29, 0.717) is 25.3 Å². The standard InChI is InChI=1S/C21H30N2O2/c1-17-4-5-18(2)23(17)12-3-13-25-20-8-6-19(7-9-20)21(16-22)10-14-24-15-11-21/h6-9,17-18H,3-5,10-15H2,1-2H3/t17-,18+. The highest BCUT2D eigenvalue weighted by Gasteiger charge is 2.34. The van der Waals surface area contributed by atoms with Crippen LogP contribution in [0.25, 0.3) is 0 Å². The molecular weight excluding hydrogens is 312 g/mol. The molecular formula is C21H30N2O2. The fourth-order valence-electron chi connectivity index (χ4n) is 4.18. The Bertz CT molecular complexity index is 577. The normalized spacial score (nSPS) is 26.3. The van der Waals surface area contributed by atoms with Gasteiger partial charge in [-0.1, -0.05) is 12.1 Å². The zero-order chi connectivity index (χ0) is 17.7. The van der Waals surface area contributed by atoms with Gasteiger partial charge in [0.2, 0.25) is 0 Å². The van der Waals surface area contributed by atoms with Gasteiger partial charge in [0.15, 0.2) is 0 Å². The van der Waals surface area contributed by atoms with Gasteiger partial charge in [-0.15, -0.1) is 0 Å². The van der Waals surface area contributed by atoms with Gasteiger partial charge in [-0.2, -0.15) is 5.26 Å². The first-order valence-electron chi connectivity index (χ1n) is 9.63. The van der Waals surface area contributed by atoms with E-state index >= 15 is 0 Å². The van der Waals surface area contributed by atoms with Gasteiger partial charge in [0.05, 0.1) is 18.1 Å². The number of hydrogen-bond donors (Lipinski definition) is 0. The van der Waals surface area contributed by atoms with Crippen molar-refractivity contribution in [3.05, 3.63) is 29.8 Å². The molecule has 0 saturated carbocycles. The number of likely N-dealkylation sites (tertiary alicyclic amines) is 1. The second kappa shape index (κ2) is 8.21. The highest BCUT2D eigenvalue weighted by Crippen LogP contribution is 2.35. The largest absolute Gasteiger partial charge is 0.494 e. The minimum atomic E-state index is -0.390. The van der Waals surface area contributed by atoms with Crippen molar-refractivity contribution in [1.29, 1.82) is 5.26 Å². The van der Waals surface area contributed by atoms with E-state index in [9.17, 15) is 5.26 Å². The number of rotatable bonds is 6. The number of nitrogens with zero attached hydrogens (tertiary/aromatic N) is 2. The molecule has 0 aromatic heterocycles. The maximum absolute atomic E-state index is 9.64. The SMILES string of the molecule is C[C@@H]1CC[C@H](C)N1CCCOc1ccc(C2(C#N)CCOCC2)cc1. The van der Waals surface area contributed by atoms with E-state index in [4.69, 9.17) is 9.47 Å². The van der Waals surface area contributed by atoms with Crippen LogP contribution in [0.5, 0.6) is 5.75 Å². The van der Waals surface area contributed by atoms with Crippen LogP contribution in [-0.4, -0.2) is 43.3 Å². The summed E-state index contributed by atoms with van der Waals surface area (Å²) in [4.78, 5) is 2.59. The van der Waals surface area contributed by atoms with Crippen molar-refractivity contribution in [1.82, 2.24) is 4.90 Å². The molecule has 4 nitrogen and oxygen atoms in total. The van der Waals surface area contributed by atoms with Gasteiger partial charge in [-0.05, 0) is 63.6 Å². The smallest absolute Gasteiger partial charge is 0.119 e. The highest BCUT2D eigenvalue weighted by atomic mass is 16.5. The number of benzene rings is 1. The molecule has 0 N–H and O–H groups in total. The van der Waals surface area contributed by atoms with E-state index in [1.165, 1.54) is 12.8 Å². The quantitative estimate of drug-likeness (QED) is 0.736. The van der Waals surface area contributed by atoms with Crippen LogP contribution in [0.15, 0.2) is 24.3 Å². The average molecular weight is 342 g/mol. The molecule has 2 heterocycles. The Balaban J connectivity index is 1.49. The minimum Gasteiger partial charge on any atom is -0.494 e. The first-order chi connectivity index (χ1) is 12.1. The molecule has 2 fully saturated rings. The number of nitriles is 1. The van der Waals surface area contributed by atoms with E-state index in [1.54, 1.807) is 0 Å². The van der Waals surface area contributed by atoms with Crippen molar-refractivity contribution in [2.24, 2.45) is 0 Å². The summed E-state index contributed by atoms with van der Waals surface area (Å²) in [5.41, 5.74) is 0.698. The van der Waals surface area contributed by atoms with Gasteiger partial charge in [0.25, 0.3) is 0 Å². The lowest BCUT2D eigenvalue weighted by Crippen LogP contribution is -2.34. The summed E-state index contributed by atoms with van der Waals surface area (Å²) in [6.45, 7) is 7.83.